The topological polar surface area (TPSA) is 74.2 Å². The van der Waals surface area contributed by atoms with E-state index in [9.17, 15) is 9.90 Å². The highest BCUT2D eigenvalue weighted by atomic mass is 32.1. The maximum atomic E-state index is 12.6. The number of thiophene rings is 1. The van der Waals surface area contributed by atoms with E-state index in [0.29, 0.717) is 19.6 Å². The van der Waals surface area contributed by atoms with Gasteiger partial charge in [0.2, 0.25) is 0 Å². The van der Waals surface area contributed by atoms with Crippen LogP contribution in [-0.4, -0.2) is 48.5 Å². The van der Waals surface area contributed by atoms with Crippen LogP contribution in [0.15, 0.2) is 46.9 Å². The molecule has 0 saturated carbocycles. The van der Waals surface area contributed by atoms with E-state index in [0.717, 1.165) is 16.2 Å². The second-order valence-electron chi connectivity index (χ2n) is 5.75. The Bertz CT molecular complexity index is 746. The first-order valence-electron chi connectivity index (χ1n) is 8.11. The minimum Gasteiger partial charge on any atom is -0.508 e. The first-order chi connectivity index (χ1) is 12.2. The first kappa shape index (κ1) is 17.6. The fourth-order valence-corrected chi connectivity index (χ4v) is 3.50. The van der Waals surface area contributed by atoms with Crippen LogP contribution in [0.2, 0.25) is 0 Å². The molecule has 3 rings (SSSR count). The van der Waals surface area contributed by atoms with Gasteiger partial charge in [-0.05, 0) is 29.1 Å². The first-order valence-corrected chi connectivity index (χ1v) is 8.99. The second-order valence-corrected chi connectivity index (χ2v) is 6.69. The van der Waals surface area contributed by atoms with Crippen LogP contribution in [0, 0.1) is 0 Å². The highest BCUT2D eigenvalue weighted by Gasteiger charge is 2.33. The highest BCUT2D eigenvalue weighted by molar-refractivity contribution is 7.12. The average molecular weight is 359 g/mol. The van der Waals surface area contributed by atoms with Crippen LogP contribution in [0.4, 0.5) is 0 Å². The van der Waals surface area contributed by atoms with E-state index in [2.05, 4.69) is 10.4 Å². The van der Waals surface area contributed by atoms with Crippen LogP contribution in [-0.2, 0) is 9.53 Å². The minimum absolute atomic E-state index is 0.101. The van der Waals surface area contributed by atoms with Gasteiger partial charge in [-0.1, -0.05) is 18.2 Å². The van der Waals surface area contributed by atoms with E-state index in [4.69, 9.17) is 4.74 Å². The zero-order valence-electron chi connectivity index (χ0n) is 14.0. The van der Waals surface area contributed by atoms with Gasteiger partial charge in [0.25, 0.3) is 5.91 Å². The molecule has 2 aromatic rings. The van der Waals surface area contributed by atoms with Crippen molar-refractivity contribution in [1.82, 2.24) is 10.3 Å². The SMILES string of the molecule is COCCNCC(=O)N1N=C(c2cccs2)C[C@@H]1c1cccc(O)c1. The fraction of sp³-hybridized carbons (Fsp3) is 0.333. The lowest BCUT2D eigenvalue weighted by Gasteiger charge is -2.22. The Kier molecular flexibility index (Phi) is 5.80. The number of hydrogen-bond donors (Lipinski definition) is 2. The van der Waals surface area contributed by atoms with Gasteiger partial charge >= 0.3 is 0 Å². The van der Waals surface area contributed by atoms with Gasteiger partial charge in [-0.15, -0.1) is 11.3 Å². The van der Waals surface area contributed by atoms with Crippen molar-refractivity contribution in [3.05, 3.63) is 52.2 Å². The average Bonchev–Trinajstić information content (AvgIpc) is 3.27. The third-order valence-electron chi connectivity index (χ3n) is 3.99. The number of aromatic hydroxyl groups is 1. The monoisotopic (exact) mass is 359 g/mol. The molecule has 2 N–H and O–H groups in total. The van der Waals surface area contributed by atoms with E-state index in [1.54, 1.807) is 36.6 Å². The lowest BCUT2D eigenvalue weighted by molar-refractivity contribution is -0.132. The summed E-state index contributed by atoms with van der Waals surface area (Å²) in [7, 11) is 1.62. The highest BCUT2D eigenvalue weighted by Crippen LogP contribution is 2.34. The Morgan fingerprint density at radius 3 is 3.04 bits per heavy atom. The maximum absolute atomic E-state index is 12.6. The van der Waals surface area contributed by atoms with Crippen molar-refractivity contribution in [2.45, 2.75) is 12.5 Å². The molecule has 2 heterocycles. The van der Waals surface area contributed by atoms with Gasteiger partial charge in [0.05, 0.1) is 29.8 Å². The Morgan fingerprint density at radius 2 is 2.32 bits per heavy atom. The summed E-state index contributed by atoms with van der Waals surface area (Å²) in [6.45, 7) is 1.35. The van der Waals surface area contributed by atoms with E-state index < -0.39 is 0 Å². The van der Waals surface area contributed by atoms with Crippen molar-refractivity contribution in [3.8, 4) is 5.75 Å². The summed E-state index contributed by atoms with van der Waals surface area (Å²) in [5.41, 5.74) is 1.77. The Hall–Kier alpha value is -2.22. The summed E-state index contributed by atoms with van der Waals surface area (Å²) >= 11 is 1.61. The molecule has 1 amide bonds. The van der Waals surface area contributed by atoms with Gasteiger partial charge < -0.3 is 15.2 Å². The summed E-state index contributed by atoms with van der Waals surface area (Å²) in [6, 6.07) is 10.8. The van der Waals surface area contributed by atoms with Gasteiger partial charge in [0, 0.05) is 20.1 Å². The number of methoxy groups -OCH3 is 1. The predicted octanol–water partition coefficient (Wildman–Crippen LogP) is 2.37. The molecule has 1 aromatic heterocycles. The van der Waals surface area contributed by atoms with Crippen LogP contribution in [0.3, 0.4) is 0 Å². The number of benzene rings is 1. The van der Waals surface area contributed by atoms with Crippen LogP contribution >= 0.6 is 11.3 Å². The van der Waals surface area contributed by atoms with E-state index in [1.165, 1.54) is 5.01 Å². The van der Waals surface area contributed by atoms with Crippen LogP contribution in [0.1, 0.15) is 22.9 Å². The molecule has 0 spiro atoms. The molecule has 1 aliphatic rings. The number of hydrogen-bond acceptors (Lipinski definition) is 6. The summed E-state index contributed by atoms with van der Waals surface area (Å²) in [5, 5.41) is 21.0. The predicted molar refractivity (Wildman–Crippen MR) is 97.9 cm³/mol. The van der Waals surface area contributed by atoms with Gasteiger partial charge in [0.1, 0.15) is 5.75 Å². The molecular formula is C18H21N3O3S. The number of carbonyl (C=O) groups is 1. The fourth-order valence-electron chi connectivity index (χ4n) is 2.77. The Balaban J connectivity index is 1.79. The van der Waals surface area contributed by atoms with Gasteiger partial charge in [-0.2, -0.15) is 5.10 Å². The normalized spacial score (nSPS) is 16.9. The number of ether oxygens (including phenoxy) is 1. The van der Waals surface area contributed by atoms with Gasteiger partial charge in [-0.25, -0.2) is 5.01 Å². The number of nitrogens with zero attached hydrogens (tertiary/aromatic N) is 2. The third-order valence-corrected chi connectivity index (χ3v) is 4.90. The maximum Gasteiger partial charge on any atom is 0.257 e. The summed E-state index contributed by atoms with van der Waals surface area (Å²) in [4.78, 5) is 13.7. The number of amides is 1. The van der Waals surface area contributed by atoms with Crippen molar-refractivity contribution < 1.29 is 14.6 Å². The molecule has 0 fully saturated rings. The van der Waals surface area contributed by atoms with Crippen molar-refractivity contribution in [3.63, 3.8) is 0 Å². The molecule has 6 nitrogen and oxygen atoms in total. The van der Waals surface area contributed by atoms with Crippen LogP contribution < -0.4 is 5.32 Å². The smallest absolute Gasteiger partial charge is 0.257 e. The van der Waals surface area contributed by atoms with E-state index in [-0.39, 0.29) is 24.2 Å². The number of phenols is 1. The number of hydrazone groups is 1. The minimum atomic E-state index is -0.207. The van der Waals surface area contributed by atoms with Crippen molar-refractivity contribution >= 4 is 23.0 Å². The van der Waals surface area contributed by atoms with Crippen LogP contribution in [0.25, 0.3) is 0 Å². The Morgan fingerprint density at radius 1 is 1.44 bits per heavy atom. The molecule has 0 bridgehead atoms. The quantitative estimate of drug-likeness (QED) is 0.745. The van der Waals surface area contributed by atoms with Crippen molar-refractivity contribution in [2.24, 2.45) is 5.10 Å². The number of nitrogens with one attached hydrogen (secondary N) is 1. The molecule has 0 aliphatic carbocycles. The summed E-state index contributed by atoms with van der Waals surface area (Å²) in [5.74, 6) is 0.0868. The van der Waals surface area contributed by atoms with E-state index in [1.807, 2.05) is 23.6 Å². The van der Waals surface area contributed by atoms with Crippen molar-refractivity contribution in [1.29, 1.82) is 0 Å². The van der Waals surface area contributed by atoms with Crippen LogP contribution in [0.5, 0.6) is 5.75 Å². The van der Waals surface area contributed by atoms with Gasteiger partial charge in [0.15, 0.2) is 0 Å². The molecular weight excluding hydrogens is 338 g/mol. The third kappa shape index (κ3) is 4.25. The molecule has 0 unspecified atom stereocenters. The molecule has 0 radical (unpaired) electrons. The molecule has 1 aromatic carbocycles. The molecule has 7 heteroatoms. The summed E-state index contributed by atoms with van der Waals surface area (Å²) < 4.78 is 4.98. The van der Waals surface area contributed by atoms with Crippen molar-refractivity contribution in [2.75, 3.05) is 26.8 Å². The number of rotatable bonds is 7. The zero-order valence-corrected chi connectivity index (χ0v) is 14.8. The number of phenolic OH excluding ortho intramolecular Hbond substituents is 1. The lowest BCUT2D eigenvalue weighted by Crippen LogP contribution is -2.36. The van der Waals surface area contributed by atoms with Gasteiger partial charge in [-0.3, -0.25) is 4.79 Å². The Labute approximate surface area is 150 Å². The lowest BCUT2D eigenvalue weighted by atomic mass is 10.0. The largest absolute Gasteiger partial charge is 0.508 e. The molecule has 132 valence electrons. The molecule has 1 atom stereocenters. The summed E-state index contributed by atoms with van der Waals surface area (Å²) in [6.07, 6.45) is 0.633. The van der Waals surface area contributed by atoms with E-state index >= 15 is 0 Å². The molecule has 0 saturated heterocycles. The zero-order chi connectivity index (χ0) is 17.6. The molecule has 1 aliphatic heterocycles. The standard InChI is InChI=1S/C18H21N3O3S/c1-24-8-7-19-12-18(23)21-16(13-4-2-5-14(22)10-13)11-15(20-21)17-6-3-9-25-17/h2-6,9-10,16,19,22H,7-8,11-12H2,1H3/t16-/m1/s1. The number of carbonyl (C=O) groups excluding carboxylic acids is 1. The molecule has 25 heavy (non-hydrogen) atoms. The second kappa shape index (κ2) is 8.24.